The molecule has 0 nitrogen and oxygen atoms in total. The maximum atomic E-state index is 3.77. The fraction of sp³-hybridized carbons (Fsp3) is 0.143. The number of halogens is 4. The van der Waals surface area contributed by atoms with E-state index in [1.807, 2.05) is 6.07 Å². The van der Waals surface area contributed by atoms with E-state index >= 15 is 0 Å². The first-order chi connectivity index (χ1) is 8.49. The molecule has 0 spiro atoms. The van der Waals surface area contributed by atoms with Crippen LogP contribution in [0.4, 0.5) is 0 Å². The van der Waals surface area contributed by atoms with Gasteiger partial charge in [0.25, 0.3) is 0 Å². The van der Waals surface area contributed by atoms with Crippen molar-refractivity contribution < 1.29 is 0 Å². The minimum atomic E-state index is 0.177. The summed E-state index contributed by atoms with van der Waals surface area (Å²) in [6, 6.07) is 12.6. The van der Waals surface area contributed by atoms with E-state index < -0.39 is 0 Å². The Morgan fingerprint density at radius 2 is 1.56 bits per heavy atom. The molecule has 0 radical (unpaired) electrons. The van der Waals surface area contributed by atoms with E-state index in [4.69, 9.17) is 0 Å². The van der Waals surface area contributed by atoms with E-state index in [1.165, 1.54) is 16.7 Å². The van der Waals surface area contributed by atoms with Crippen LogP contribution in [0.5, 0.6) is 0 Å². The molecule has 0 fully saturated rings. The van der Waals surface area contributed by atoms with Crippen molar-refractivity contribution in [3.8, 4) is 0 Å². The van der Waals surface area contributed by atoms with Crippen molar-refractivity contribution in [3.63, 3.8) is 0 Å². The molecule has 1 unspecified atom stereocenters. The first-order valence-electron chi connectivity index (χ1n) is 5.34. The Kier molecular flexibility index (Phi) is 5.09. The molecule has 0 bridgehead atoms. The van der Waals surface area contributed by atoms with Gasteiger partial charge in [-0.1, -0.05) is 75.9 Å². The molecule has 2 aromatic carbocycles. The summed E-state index contributed by atoms with van der Waals surface area (Å²) in [4.78, 5) is 0.177. The second kappa shape index (κ2) is 6.21. The van der Waals surface area contributed by atoms with Gasteiger partial charge in [0.05, 0.1) is 4.83 Å². The molecule has 2 rings (SSSR count). The van der Waals surface area contributed by atoms with Crippen LogP contribution in [-0.2, 0) is 0 Å². The Bertz CT molecular complexity index is 578. The molecule has 0 aromatic heterocycles. The maximum Gasteiger partial charge on any atom is 0.0656 e. The second-order valence-corrected chi connectivity index (χ2v) is 7.58. The third kappa shape index (κ3) is 3.27. The van der Waals surface area contributed by atoms with Crippen LogP contribution in [0.2, 0.25) is 0 Å². The summed E-state index contributed by atoms with van der Waals surface area (Å²) >= 11 is 14.4. The van der Waals surface area contributed by atoms with E-state index in [9.17, 15) is 0 Å². The lowest BCUT2D eigenvalue weighted by atomic mass is 10.0. The van der Waals surface area contributed by atoms with Gasteiger partial charge in [-0.25, -0.2) is 0 Å². The van der Waals surface area contributed by atoms with Crippen molar-refractivity contribution in [2.75, 3.05) is 0 Å². The average molecular weight is 498 g/mol. The number of alkyl halides is 1. The van der Waals surface area contributed by atoms with E-state index in [2.05, 4.69) is 101 Å². The number of hydrogen-bond acceptors (Lipinski definition) is 0. The van der Waals surface area contributed by atoms with Crippen LogP contribution in [0.15, 0.2) is 49.8 Å². The molecule has 94 valence electrons. The van der Waals surface area contributed by atoms with E-state index in [1.54, 1.807) is 0 Å². The van der Waals surface area contributed by atoms with Crippen LogP contribution in [-0.4, -0.2) is 0 Å². The summed E-state index contributed by atoms with van der Waals surface area (Å²) in [5, 5.41) is 0. The highest BCUT2D eigenvalue weighted by atomic mass is 79.9. The Balaban J connectivity index is 2.44. The molecule has 0 saturated carbocycles. The van der Waals surface area contributed by atoms with Crippen molar-refractivity contribution in [2.24, 2.45) is 0 Å². The fourth-order valence-electron chi connectivity index (χ4n) is 1.71. The van der Waals surface area contributed by atoms with E-state index in [-0.39, 0.29) is 4.83 Å². The summed E-state index contributed by atoms with van der Waals surface area (Å²) in [5.41, 5.74) is 3.70. The van der Waals surface area contributed by atoms with Gasteiger partial charge in [0.2, 0.25) is 0 Å². The Morgan fingerprint density at radius 3 is 2.22 bits per heavy atom. The summed E-state index contributed by atoms with van der Waals surface area (Å²) in [7, 11) is 0. The molecule has 0 N–H and O–H groups in total. The second-order valence-electron chi connectivity index (χ2n) is 4.04. The zero-order chi connectivity index (χ0) is 13.3. The van der Waals surface area contributed by atoms with E-state index in [0.29, 0.717) is 0 Å². The van der Waals surface area contributed by atoms with Crippen LogP contribution in [0.3, 0.4) is 0 Å². The standard InChI is InChI=1S/C14H10Br4/c1-8-6-9(2-4-12(8)16)14(18)11-7-10(15)3-5-13(11)17/h2-7,14H,1H3. The zero-order valence-electron chi connectivity index (χ0n) is 9.55. The van der Waals surface area contributed by atoms with Crippen molar-refractivity contribution in [1.82, 2.24) is 0 Å². The Hall–Kier alpha value is 0.360. The largest absolute Gasteiger partial charge is 0.0786 e. The Morgan fingerprint density at radius 1 is 0.889 bits per heavy atom. The molecule has 18 heavy (non-hydrogen) atoms. The zero-order valence-corrected chi connectivity index (χ0v) is 15.9. The molecule has 1 atom stereocenters. The van der Waals surface area contributed by atoms with Gasteiger partial charge < -0.3 is 0 Å². The summed E-state index contributed by atoms with van der Waals surface area (Å²) in [5.74, 6) is 0. The van der Waals surface area contributed by atoms with Crippen LogP contribution in [0.1, 0.15) is 21.5 Å². The third-order valence-electron chi connectivity index (χ3n) is 2.71. The minimum absolute atomic E-state index is 0.177. The normalized spacial score (nSPS) is 12.5. The summed E-state index contributed by atoms with van der Waals surface area (Å²) in [6.07, 6.45) is 0. The molecular weight excluding hydrogens is 488 g/mol. The van der Waals surface area contributed by atoms with Crippen molar-refractivity contribution in [3.05, 3.63) is 66.5 Å². The van der Waals surface area contributed by atoms with Crippen LogP contribution in [0, 0.1) is 6.92 Å². The number of benzene rings is 2. The van der Waals surface area contributed by atoms with Gasteiger partial charge >= 0.3 is 0 Å². The third-order valence-corrected chi connectivity index (χ3v) is 5.83. The van der Waals surface area contributed by atoms with Gasteiger partial charge in [-0.2, -0.15) is 0 Å². The average Bonchev–Trinajstić information content (AvgIpc) is 2.35. The maximum absolute atomic E-state index is 3.77. The molecule has 0 aliphatic carbocycles. The molecule has 0 aliphatic heterocycles. The highest BCUT2D eigenvalue weighted by molar-refractivity contribution is 9.11. The van der Waals surface area contributed by atoms with Gasteiger partial charge in [0.15, 0.2) is 0 Å². The highest BCUT2D eigenvalue weighted by Gasteiger charge is 2.14. The fourth-order valence-corrected chi connectivity index (χ4v) is 3.79. The first kappa shape index (κ1) is 14.8. The highest BCUT2D eigenvalue weighted by Crippen LogP contribution is 2.37. The minimum Gasteiger partial charge on any atom is -0.0786 e. The van der Waals surface area contributed by atoms with Crippen molar-refractivity contribution in [1.29, 1.82) is 0 Å². The number of rotatable bonds is 2. The topological polar surface area (TPSA) is 0 Å². The monoisotopic (exact) mass is 494 g/mol. The first-order valence-corrected chi connectivity index (χ1v) is 8.63. The quantitative estimate of drug-likeness (QED) is 0.402. The Labute approximate surface area is 141 Å². The number of hydrogen-bond donors (Lipinski definition) is 0. The van der Waals surface area contributed by atoms with Crippen LogP contribution in [0.25, 0.3) is 0 Å². The molecule has 4 heteroatoms. The SMILES string of the molecule is Cc1cc(C(Br)c2cc(Br)ccc2Br)ccc1Br. The lowest BCUT2D eigenvalue weighted by molar-refractivity contribution is 1.15. The molecule has 0 aliphatic rings. The van der Waals surface area contributed by atoms with Crippen molar-refractivity contribution in [2.45, 2.75) is 11.8 Å². The number of aryl methyl sites for hydroxylation is 1. The van der Waals surface area contributed by atoms with Gasteiger partial charge in [0, 0.05) is 13.4 Å². The predicted octanol–water partition coefficient (Wildman–Crippen LogP) is 6.77. The smallest absolute Gasteiger partial charge is 0.0656 e. The van der Waals surface area contributed by atoms with Gasteiger partial charge in [-0.3, -0.25) is 0 Å². The summed E-state index contributed by atoms with van der Waals surface area (Å²) < 4.78 is 3.33. The summed E-state index contributed by atoms with van der Waals surface area (Å²) in [6.45, 7) is 2.10. The van der Waals surface area contributed by atoms with Crippen molar-refractivity contribution >= 4 is 63.7 Å². The van der Waals surface area contributed by atoms with Crippen LogP contribution < -0.4 is 0 Å². The molecule has 0 heterocycles. The predicted molar refractivity (Wildman–Crippen MR) is 91.5 cm³/mol. The van der Waals surface area contributed by atoms with Gasteiger partial charge in [0.1, 0.15) is 0 Å². The molecule has 0 amide bonds. The lowest BCUT2D eigenvalue weighted by Crippen LogP contribution is -1.95. The van der Waals surface area contributed by atoms with E-state index in [0.717, 1.165) is 13.4 Å². The molecule has 0 saturated heterocycles. The van der Waals surface area contributed by atoms with Gasteiger partial charge in [-0.05, 0) is 47.9 Å². The van der Waals surface area contributed by atoms with Gasteiger partial charge in [-0.15, -0.1) is 0 Å². The molecular formula is C14H10Br4. The van der Waals surface area contributed by atoms with Crippen LogP contribution >= 0.6 is 63.7 Å². The lowest BCUT2D eigenvalue weighted by Gasteiger charge is -2.14. The molecule has 2 aromatic rings.